The molecule has 0 radical (unpaired) electrons. The van der Waals surface area contributed by atoms with Crippen LogP contribution in [-0.2, 0) is 11.4 Å². The molecule has 1 aliphatic rings. The monoisotopic (exact) mass is 417 g/mol. The van der Waals surface area contributed by atoms with E-state index in [1.54, 1.807) is 0 Å². The normalized spacial score (nSPS) is 20.4. The average molecular weight is 418 g/mol. The first kappa shape index (κ1) is 21.7. The third-order valence-electron chi connectivity index (χ3n) is 5.36. The second kappa shape index (κ2) is 10.1. The van der Waals surface area contributed by atoms with Crippen molar-refractivity contribution in [3.8, 4) is 5.75 Å². The summed E-state index contributed by atoms with van der Waals surface area (Å²) in [5.41, 5.74) is 1.18. The molecule has 1 N–H and O–H groups in total. The van der Waals surface area contributed by atoms with Crippen molar-refractivity contribution < 1.29 is 13.9 Å². The van der Waals surface area contributed by atoms with Crippen molar-refractivity contribution in [3.05, 3.63) is 35.7 Å². The fraction of sp³-hybridized carbons (Fsp3) is 0.591. The lowest BCUT2D eigenvalue weighted by atomic mass is 9.86. The summed E-state index contributed by atoms with van der Waals surface area (Å²) in [5.74, 6) is 1.89. The molecule has 6 nitrogen and oxygen atoms in total. The van der Waals surface area contributed by atoms with E-state index in [-0.39, 0.29) is 29.7 Å². The van der Waals surface area contributed by atoms with Gasteiger partial charge in [0.1, 0.15) is 5.75 Å². The summed E-state index contributed by atoms with van der Waals surface area (Å²) in [4.78, 5) is 12.9. The molecule has 0 bridgehead atoms. The molecular formula is C22H31N3O3S. The maximum Gasteiger partial charge on any atom is 0.277 e. The van der Waals surface area contributed by atoms with Gasteiger partial charge in [-0.25, -0.2) is 0 Å². The Morgan fingerprint density at radius 2 is 1.97 bits per heavy atom. The Kier molecular flexibility index (Phi) is 7.58. The summed E-state index contributed by atoms with van der Waals surface area (Å²) in [7, 11) is 0. The molecule has 3 atom stereocenters. The van der Waals surface area contributed by atoms with Gasteiger partial charge >= 0.3 is 0 Å². The smallest absolute Gasteiger partial charge is 0.277 e. The van der Waals surface area contributed by atoms with Gasteiger partial charge in [-0.3, -0.25) is 4.79 Å². The topological polar surface area (TPSA) is 77.2 Å². The highest BCUT2D eigenvalue weighted by molar-refractivity contribution is 8.00. The van der Waals surface area contributed by atoms with Crippen LogP contribution in [0.5, 0.6) is 5.75 Å². The van der Waals surface area contributed by atoms with Crippen LogP contribution in [0, 0.1) is 18.8 Å². The standard InChI is InChI=1S/C22H31N3O3S/c1-14(2)20(21(26)23-18-8-6-5-7-16(18)4)29-22-25-24-19(28-22)13-27-17-11-9-15(3)10-12-17/h9-12,14,16,18,20H,5-8,13H2,1-4H3,(H,23,26). The van der Waals surface area contributed by atoms with Gasteiger partial charge in [0.05, 0.1) is 5.25 Å². The number of nitrogens with one attached hydrogen (secondary N) is 1. The largest absolute Gasteiger partial charge is 0.484 e. The number of thioether (sulfide) groups is 1. The van der Waals surface area contributed by atoms with Crippen molar-refractivity contribution in [3.63, 3.8) is 0 Å². The van der Waals surface area contributed by atoms with Crippen molar-refractivity contribution in [2.45, 2.75) is 76.5 Å². The van der Waals surface area contributed by atoms with E-state index in [0.29, 0.717) is 17.0 Å². The van der Waals surface area contributed by atoms with E-state index in [2.05, 4.69) is 22.4 Å². The molecule has 29 heavy (non-hydrogen) atoms. The fourth-order valence-corrected chi connectivity index (χ4v) is 4.42. The molecule has 1 aliphatic carbocycles. The van der Waals surface area contributed by atoms with Gasteiger partial charge in [-0.05, 0) is 43.7 Å². The van der Waals surface area contributed by atoms with Crippen molar-refractivity contribution in [1.82, 2.24) is 15.5 Å². The summed E-state index contributed by atoms with van der Waals surface area (Å²) in [5, 5.41) is 11.5. The number of rotatable bonds is 8. The average Bonchev–Trinajstić information content (AvgIpc) is 3.15. The molecular weight excluding hydrogens is 386 g/mol. The first-order valence-electron chi connectivity index (χ1n) is 10.4. The number of aromatic nitrogens is 2. The van der Waals surface area contributed by atoms with Crippen LogP contribution in [0.1, 0.15) is 57.9 Å². The zero-order chi connectivity index (χ0) is 20.8. The van der Waals surface area contributed by atoms with Gasteiger partial charge in [-0.1, -0.05) is 63.1 Å². The maximum absolute atomic E-state index is 12.9. The van der Waals surface area contributed by atoms with Crippen LogP contribution in [0.4, 0.5) is 0 Å². The van der Waals surface area contributed by atoms with E-state index >= 15 is 0 Å². The van der Waals surface area contributed by atoms with Gasteiger partial charge in [0.2, 0.25) is 5.91 Å². The molecule has 3 rings (SSSR count). The Morgan fingerprint density at radius 3 is 2.66 bits per heavy atom. The second-order valence-corrected chi connectivity index (χ2v) is 9.32. The molecule has 158 valence electrons. The molecule has 1 amide bonds. The Morgan fingerprint density at radius 1 is 1.24 bits per heavy atom. The van der Waals surface area contributed by atoms with Crippen LogP contribution in [-0.4, -0.2) is 27.4 Å². The van der Waals surface area contributed by atoms with Crippen LogP contribution in [0.2, 0.25) is 0 Å². The molecule has 0 saturated heterocycles. The first-order valence-corrected chi connectivity index (χ1v) is 11.3. The maximum atomic E-state index is 12.9. The number of carbonyl (C=O) groups is 1. The third-order valence-corrected chi connectivity index (χ3v) is 6.74. The third kappa shape index (κ3) is 6.23. The van der Waals surface area contributed by atoms with E-state index in [9.17, 15) is 4.79 Å². The summed E-state index contributed by atoms with van der Waals surface area (Å²) < 4.78 is 11.4. The zero-order valence-electron chi connectivity index (χ0n) is 17.7. The van der Waals surface area contributed by atoms with Gasteiger partial charge in [-0.2, -0.15) is 0 Å². The molecule has 1 aromatic heterocycles. The van der Waals surface area contributed by atoms with Crippen LogP contribution < -0.4 is 10.1 Å². The summed E-state index contributed by atoms with van der Waals surface area (Å²) >= 11 is 1.33. The van der Waals surface area contributed by atoms with Crippen molar-refractivity contribution in [1.29, 1.82) is 0 Å². The van der Waals surface area contributed by atoms with Gasteiger partial charge < -0.3 is 14.5 Å². The van der Waals surface area contributed by atoms with Crippen LogP contribution in [0.3, 0.4) is 0 Å². The molecule has 7 heteroatoms. The van der Waals surface area contributed by atoms with Gasteiger partial charge in [0.15, 0.2) is 6.61 Å². The molecule has 3 unspecified atom stereocenters. The van der Waals surface area contributed by atoms with Crippen LogP contribution >= 0.6 is 11.8 Å². The Bertz CT molecular complexity index is 791. The zero-order valence-corrected chi connectivity index (χ0v) is 18.5. The molecule has 1 saturated carbocycles. The van der Waals surface area contributed by atoms with Gasteiger partial charge in [0, 0.05) is 6.04 Å². The molecule has 1 heterocycles. The molecule has 1 fully saturated rings. The van der Waals surface area contributed by atoms with E-state index in [0.717, 1.165) is 12.2 Å². The first-order chi connectivity index (χ1) is 13.9. The lowest BCUT2D eigenvalue weighted by Crippen LogP contribution is -2.46. The quantitative estimate of drug-likeness (QED) is 0.624. The molecule has 2 aromatic rings. The minimum absolute atomic E-state index is 0.0550. The summed E-state index contributed by atoms with van der Waals surface area (Å²) in [6.07, 6.45) is 4.68. The highest BCUT2D eigenvalue weighted by atomic mass is 32.2. The molecule has 1 aromatic carbocycles. The van der Waals surface area contributed by atoms with Crippen LogP contribution in [0.25, 0.3) is 0 Å². The van der Waals surface area contributed by atoms with Crippen LogP contribution in [0.15, 0.2) is 33.9 Å². The van der Waals surface area contributed by atoms with Gasteiger partial charge in [-0.15, -0.1) is 10.2 Å². The van der Waals surface area contributed by atoms with E-state index < -0.39 is 0 Å². The number of hydrogen-bond acceptors (Lipinski definition) is 6. The molecule has 0 aliphatic heterocycles. The molecule has 0 spiro atoms. The number of hydrogen-bond donors (Lipinski definition) is 1. The Balaban J connectivity index is 1.56. The predicted octanol–water partition coefficient (Wildman–Crippen LogP) is 4.77. The number of benzene rings is 1. The summed E-state index contributed by atoms with van der Waals surface area (Å²) in [6.45, 7) is 8.54. The van der Waals surface area contributed by atoms with E-state index in [4.69, 9.17) is 9.15 Å². The second-order valence-electron chi connectivity index (χ2n) is 8.22. The highest BCUT2D eigenvalue weighted by Gasteiger charge is 2.30. The number of aryl methyl sites for hydroxylation is 1. The predicted molar refractivity (Wildman–Crippen MR) is 114 cm³/mol. The SMILES string of the molecule is Cc1ccc(OCc2nnc(SC(C(=O)NC3CCCCC3C)C(C)C)o2)cc1. The Labute approximate surface area is 177 Å². The van der Waals surface area contributed by atoms with Crippen molar-refractivity contribution in [2.75, 3.05) is 0 Å². The minimum atomic E-state index is -0.268. The van der Waals surface area contributed by atoms with E-state index in [1.165, 1.54) is 36.6 Å². The number of ether oxygens (including phenoxy) is 1. The lowest BCUT2D eigenvalue weighted by molar-refractivity contribution is -0.122. The Hall–Kier alpha value is -2.02. The minimum Gasteiger partial charge on any atom is -0.484 e. The van der Waals surface area contributed by atoms with E-state index in [1.807, 2.05) is 45.0 Å². The van der Waals surface area contributed by atoms with Gasteiger partial charge in [0.25, 0.3) is 11.1 Å². The number of carbonyl (C=O) groups excluding carboxylic acids is 1. The fourth-order valence-electron chi connectivity index (χ4n) is 3.52. The highest BCUT2D eigenvalue weighted by Crippen LogP contribution is 2.29. The summed E-state index contributed by atoms with van der Waals surface area (Å²) in [6, 6.07) is 8.06. The number of nitrogens with zero attached hydrogens (tertiary/aromatic N) is 2. The number of amides is 1. The lowest BCUT2D eigenvalue weighted by Gasteiger charge is -2.31. The van der Waals surface area contributed by atoms with Crippen molar-refractivity contribution >= 4 is 17.7 Å². The van der Waals surface area contributed by atoms with Crippen molar-refractivity contribution in [2.24, 2.45) is 11.8 Å².